The molecule has 3 rings (SSSR count). The summed E-state index contributed by atoms with van der Waals surface area (Å²) in [4.78, 5) is 28.6. The van der Waals surface area contributed by atoms with Crippen molar-refractivity contribution in [1.82, 2.24) is 10.2 Å². The zero-order valence-corrected chi connectivity index (χ0v) is 25.9. The van der Waals surface area contributed by atoms with Crippen molar-refractivity contribution < 1.29 is 22.7 Å². The Balaban J connectivity index is 2.04. The number of aryl methyl sites for hydroxylation is 1. The van der Waals surface area contributed by atoms with E-state index >= 15 is 0 Å². The lowest BCUT2D eigenvalue weighted by molar-refractivity contribution is -0.140. The van der Waals surface area contributed by atoms with Crippen LogP contribution in [0, 0.1) is 6.92 Å². The van der Waals surface area contributed by atoms with Crippen molar-refractivity contribution >= 4 is 39.1 Å². The summed E-state index contributed by atoms with van der Waals surface area (Å²) in [5.74, 6) is -0.335. The van der Waals surface area contributed by atoms with Crippen molar-refractivity contribution in [2.75, 3.05) is 17.5 Å². The molecule has 0 unspecified atom stereocenters. The fourth-order valence-electron chi connectivity index (χ4n) is 4.13. The number of carbonyl (C=O) groups is 2. The van der Waals surface area contributed by atoms with E-state index in [1.165, 1.54) is 17.0 Å². The van der Waals surface area contributed by atoms with Crippen LogP contribution in [0.3, 0.4) is 0 Å². The van der Waals surface area contributed by atoms with Gasteiger partial charge in [-0.2, -0.15) is 0 Å². The highest BCUT2D eigenvalue weighted by molar-refractivity contribution is 7.92. The summed E-state index contributed by atoms with van der Waals surface area (Å²) in [6, 6.07) is 19.0. The summed E-state index contributed by atoms with van der Waals surface area (Å²) in [5.41, 5.74) is 1.37. The Morgan fingerprint density at radius 2 is 1.63 bits per heavy atom. The zero-order valence-electron chi connectivity index (χ0n) is 24.3. The molecule has 3 aromatic carbocycles. The molecule has 10 heteroatoms. The Labute approximate surface area is 248 Å². The smallest absolute Gasteiger partial charge is 0.264 e. The van der Waals surface area contributed by atoms with Crippen LogP contribution in [-0.2, 0) is 26.2 Å². The van der Waals surface area contributed by atoms with Gasteiger partial charge in [-0.1, -0.05) is 41.4 Å². The summed E-state index contributed by atoms with van der Waals surface area (Å²) in [7, 11) is -4.16. The minimum absolute atomic E-state index is 0.0460. The second-order valence-corrected chi connectivity index (χ2v) is 13.1. The van der Waals surface area contributed by atoms with Crippen LogP contribution >= 0.6 is 11.6 Å². The Kier molecular flexibility index (Phi) is 10.4. The van der Waals surface area contributed by atoms with E-state index in [0.717, 1.165) is 9.87 Å². The van der Waals surface area contributed by atoms with Crippen LogP contribution in [0.25, 0.3) is 0 Å². The second-order valence-electron chi connectivity index (χ2n) is 10.8. The van der Waals surface area contributed by atoms with Crippen LogP contribution < -0.4 is 14.4 Å². The van der Waals surface area contributed by atoms with Gasteiger partial charge in [-0.05, 0) is 95.6 Å². The minimum atomic E-state index is -4.16. The maximum atomic E-state index is 14.0. The summed E-state index contributed by atoms with van der Waals surface area (Å²) in [6.45, 7) is 10.9. The lowest BCUT2D eigenvalue weighted by atomic mass is 10.1. The van der Waals surface area contributed by atoms with Gasteiger partial charge in [-0.15, -0.1) is 0 Å². The second kappa shape index (κ2) is 13.4. The molecule has 0 saturated heterocycles. The third-order valence-electron chi connectivity index (χ3n) is 6.23. The van der Waals surface area contributed by atoms with Crippen molar-refractivity contribution in [2.24, 2.45) is 0 Å². The fourth-order valence-corrected chi connectivity index (χ4v) is 5.76. The lowest BCUT2D eigenvalue weighted by Crippen LogP contribution is -2.54. The first-order chi connectivity index (χ1) is 19.2. The van der Waals surface area contributed by atoms with Crippen LogP contribution in [0.4, 0.5) is 5.69 Å². The van der Waals surface area contributed by atoms with E-state index in [0.29, 0.717) is 22.9 Å². The Hall–Kier alpha value is -3.56. The Bertz CT molecular complexity index is 1450. The topological polar surface area (TPSA) is 96.0 Å². The molecule has 0 bridgehead atoms. The summed E-state index contributed by atoms with van der Waals surface area (Å²) in [5, 5.41) is 3.40. The molecule has 0 aliphatic rings. The van der Waals surface area contributed by atoms with Crippen molar-refractivity contribution in [3.8, 4) is 5.75 Å². The summed E-state index contributed by atoms with van der Waals surface area (Å²) >= 11 is 6.19. The molecule has 0 aliphatic heterocycles. The number of sulfonamides is 1. The van der Waals surface area contributed by atoms with Gasteiger partial charge in [0.2, 0.25) is 11.8 Å². The first-order valence-electron chi connectivity index (χ1n) is 13.4. The average Bonchev–Trinajstić information content (AvgIpc) is 2.90. The number of amides is 2. The number of anilines is 1. The number of hydrogen-bond acceptors (Lipinski definition) is 5. The average molecular weight is 600 g/mol. The molecule has 8 nitrogen and oxygen atoms in total. The number of nitrogens with one attached hydrogen (secondary N) is 1. The van der Waals surface area contributed by atoms with Crippen molar-refractivity contribution in [3.05, 3.63) is 88.9 Å². The predicted octanol–water partition coefficient (Wildman–Crippen LogP) is 5.57. The van der Waals surface area contributed by atoms with Gasteiger partial charge in [-0.3, -0.25) is 13.9 Å². The van der Waals surface area contributed by atoms with E-state index < -0.39 is 34.1 Å². The number of ether oxygens (including phenoxy) is 1. The molecule has 3 aromatic rings. The van der Waals surface area contributed by atoms with Crippen molar-refractivity contribution in [3.63, 3.8) is 0 Å². The number of halogens is 1. The minimum Gasteiger partial charge on any atom is -0.494 e. The molecule has 41 heavy (non-hydrogen) atoms. The van der Waals surface area contributed by atoms with Gasteiger partial charge < -0.3 is 15.0 Å². The van der Waals surface area contributed by atoms with Crippen molar-refractivity contribution in [2.45, 2.75) is 64.6 Å². The highest BCUT2D eigenvalue weighted by atomic mass is 35.5. The standard InChI is InChI=1S/C31H38ClN3O5S/c1-7-40-27-15-13-26(14-16-27)35(41(38,39)28-17-11-22(2)12-18-28)21-29(36)34(20-24-9-8-10-25(32)19-24)23(3)30(37)33-31(4,5)6/h8-19,23H,7,20-21H2,1-6H3,(H,33,37)/t23-/m0/s1. The van der Waals surface area contributed by atoms with Gasteiger partial charge in [-0.25, -0.2) is 8.42 Å². The monoisotopic (exact) mass is 599 g/mol. The van der Waals surface area contributed by atoms with Crippen LogP contribution in [0.15, 0.2) is 77.7 Å². The van der Waals surface area contributed by atoms with E-state index in [2.05, 4.69) is 5.32 Å². The van der Waals surface area contributed by atoms with E-state index in [1.807, 2.05) is 34.6 Å². The molecule has 0 aliphatic carbocycles. The van der Waals surface area contributed by atoms with Gasteiger partial charge >= 0.3 is 0 Å². The maximum absolute atomic E-state index is 14.0. The highest BCUT2D eigenvalue weighted by Gasteiger charge is 2.33. The normalized spacial score (nSPS) is 12.4. The quantitative estimate of drug-likeness (QED) is 0.311. The van der Waals surface area contributed by atoms with Gasteiger partial charge in [0.1, 0.15) is 18.3 Å². The molecule has 0 spiro atoms. The van der Waals surface area contributed by atoms with Crippen LogP contribution in [-0.4, -0.2) is 49.9 Å². The SMILES string of the molecule is CCOc1ccc(N(CC(=O)N(Cc2cccc(Cl)c2)[C@@H](C)C(=O)NC(C)(C)C)S(=O)(=O)c2ccc(C)cc2)cc1. The first kappa shape index (κ1) is 32.0. The maximum Gasteiger partial charge on any atom is 0.264 e. The molecule has 1 N–H and O–H groups in total. The summed E-state index contributed by atoms with van der Waals surface area (Å²) in [6.07, 6.45) is 0. The molecule has 1 atom stereocenters. The van der Waals surface area contributed by atoms with E-state index in [4.69, 9.17) is 16.3 Å². The molecular weight excluding hydrogens is 562 g/mol. The third-order valence-corrected chi connectivity index (χ3v) is 8.25. The summed E-state index contributed by atoms with van der Waals surface area (Å²) < 4.78 is 34.5. The van der Waals surface area contributed by atoms with Crippen LogP contribution in [0.1, 0.15) is 45.7 Å². The van der Waals surface area contributed by atoms with Gasteiger partial charge in [0, 0.05) is 17.1 Å². The Morgan fingerprint density at radius 1 is 1.00 bits per heavy atom. The van der Waals surface area contributed by atoms with Crippen LogP contribution in [0.5, 0.6) is 5.75 Å². The van der Waals surface area contributed by atoms with E-state index in [9.17, 15) is 18.0 Å². The molecule has 220 valence electrons. The first-order valence-corrected chi connectivity index (χ1v) is 15.2. The third kappa shape index (κ3) is 8.71. The van der Waals surface area contributed by atoms with E-state index in [1.54, 1.807) is 67.6 Å². The van der Waals surface area contributed by atoms with Crippen LogP contribution in [0.2, 0.25) is 5.02 Å². The fraction of sp³-hybridized carbons (Fsp3) is 0.355. The van der Waals surface area contributed by atoms with Crippen molar-refractivity contribution in [1.29, 1.82) is 0 Å². The molecular formula is C31H38ClN3O5S. The molecule has 0 fully saturated rings. The van der Waals surface area contributed by atoms with E-state index in [-0.39, 0.29) is 23.0 Å². The predicted molar refractivity (Wildman–Crippen MR) is 163 cm³/mol. The van der Waals surface area contributed by atoms with Gasteiger partial charge in [0.25, 0.3) is 10.0 Å². The highest BCUT2D eigenvalue weighted by Crippen LogP contribution is 2.27. The van der Waals surface area contributed by atoms with Gasteiger partial charge in [0.05, 0.1) is 17.2 Å². The molecule has 0 aromatic heterocycles. The number of hydrogen-bond donors (Lipinski definition) is 1. The largest absolute Gasteiger partial charge is 0.494 e. The lowest BCUT2D eigenvalue weighted by Gasteiger charge is -2.33. The number of benzene rings is 3. The number of carbonyl (C=O) groups excluding carboxylic acids is 2. The van der Waals surface area contributed by atoms with Gasteiger partial charge in [0.15, 0.2) is 0 Å². The number of rotatable bonds is 11. The number of nitrogens with zero attached hydrogens (tertiary/aromatic N) is 2. The molecule has 2 amide bonds. The Morgan fingerprint density at radius 3 is 2.20 bits per heavy atom. The zero-order chi connectivity index (χ0) is 30.4. The molecule has 0 heterocycles. The molecule has 0 saturated carbocycles. The molecule has 0 radical (unpaired) electrons.